The molecule has 3 heteroatoms. The lowest BCUT2D eigenvalue weighted by atomic mass is 9.87. The maximum Gasteiger partial charge on any atom is 0.171 e. The Morgan fingerprint density at radius 3 is 2.62 bits per heavy atom. The fourth-order valence-electron chi connectivity index (χ4n) is 3.80. The van der Waals surface area contributed by atoms with Crippen LogP contribution in [0.25, 0.3) is 11.1 Å². The zero-order valence-electron chi connectivity index (χ0n) is 14.5. The van der Waals surface area contributed by atoms with Gasteiger partial charge in [0.15, 0.2) is 5.43 Å². The van der Waals surface area contributed by atoms with Gasteiger partial charge in [0.1, 0.15) is 14.1 Å². The highest BCUT2D eigenvalue weighted by Crippen LogP contribution is 2.41. The van der Waals surface area contributed by atoms with Gasteiger partial charge in [-0.05, 0) is 84.5 Å². The van der Waals surface area contributed by atoms with Gasteiger partial charge in [0.2, 0.25) is 0 Å². The molecule has 2 nitrogen and oxygen atoms in total. The van der Waals surface area contributed by atoms with E-state index >= 15 is 0 Å². The number of rotatable bonds is 2. The van der Waals surface area contributed by atoms with Gasteiger partial charge < -0.3 is 4.79 Å². The minimum Gasteiger partial charge on any atom is -0.303 e. The van der Waals surface area contributed by atoms with Crippen molar-refractivity contribution in [3.63, 3.8) is 0 Å². The van der Waals surface area contributed by atoms with Crippen LogP contribution in [0.1, 0.15) is 46.6 Å². The van der Waals surface area contributed by atoms with Gasteiger partial charge in [-0.25, -0.2) is 0 Å². The molecule has 120 valence electrons. The fourth-order valence-corrected chi connectivity index (χ4v) is 3.80. The summed E-state index contributed by atoms with van der Waals surface area (Å²) >= 11 is 0. The second-order valence-corrected chi connectivity index (χ2v) is 6.78. The van der Waals surface area contributed by atoms with E-state index in [1.165, 1.54) is 27.8 Å². The number of hydrogen-bond donors (Lipinski definition) is 0. The molecule has 2 radical (unpaired) electrons. The van der Waals surface area contributed by atoms with E-state index in [-0.39, 0.29) is 16.8 Å². The first-order valence-electron chi connectivity index (χ1n) is 8.41. The standard InChI is InChI=1S/C21H21BO2/c1-12-10-16-5-4-15(8-9-23)18-11-20(24)19(22)7-6-17(18)21(16)14(3)13(12)2/h6-7,9-11,15H,4-5,8H2,1-3H3/t15-/m1/s1. The third-order valence-corrected chi connectivity index (χ3v) is 5.40. The van der Waals surface area contributed by atoms with Crippen LogP contribution in [0.5, 0.6) is 0 Å². The van der Waals surface area contributed by atoms with E-state index in [9.17, 15) is 9.59 Å². The minimum atomic E-state index is -0.169. The average Bonchev–Trinajstić information content (AvgIpc) is 2.78. The van der Waals surface area contributed by atoms with Gasteiger partial charge in [-0.1, -0.05) is 23.7 Å². The molecule has 0 amide bonds. The van der Waals surface area contributed by atoms with Crippen molar-refractivity contribution in [2.24, 2.45) is 0 Å². The summed E-state index contributed by atoms with van der Waals surface area (Å²) < 4.78 is 0. The summed E-state index contributed by atoms with van der Waals surface area (Å²) in [5.74, 6) is 0.0596. The molecule has 0 fully saturated rings. The Hall–Kier alpha value is -2.16. The van der Waals surface area contributed by atoms with Crippen LogP contribution >= 0.6 is 0 Å². The monoisotopic (exact) mass is 316 g/mol. The molecule has 3 rings (SSSR count). The summed E-state index contributed by atoms with van der Waals surface area (Å²) in [5, 5.41) is 0. The highest BCUT2D eigenvalue weighted by molar-refractivity contribution is 6.32. The molecule has 0 N–H and O–H groups in total. The number of benzene rings is 1. The van der Waals surface area contributed by atoms with Crippen LogP contribution in [0.4, 0.5) is 0 Å². The van der Waals surface area contributed by atoms with E-state index in [2.05, 4.69) is 26.8 Å². The Labute approximate surface area is 144 Å². The van der Waals surface area contributed by atoms with Crippen molar-refractivity contribution in [1.29, 1.82) is 0 Å². The Kier molecular flexibility index (Phi) is 4.44. The number of carbonyl (C=O) groups is 1. The normalized spacial score (nSPS) is 16.0. The largest absolute Gasteiger partial charge is 0.303 e. The molecule has 0 spiro atoms. The molecule has 0 saturated heterocycles. The fraction of sp³-hybridized carbons (Fsp3) is 0.333. The SMILES string of the molecule is [B]c1ccc2c(cc1=O)[C@@H](CC=O)CCc1cc(C)c(C)c(C)c1-2. The Balaban J connectivity index is 2.41. The van der Waals surface area contributed by atoms with Crippen LogP contribution in [0, 0.1) is 20.8 Å². The van der Waals surface area contributed by atoms with E-state index < -0.39 is 0 Å². The van der Waals surface area contributed by atoms with Crippen molar-refractivity contribution >= 4 is 19.6 Å². The van der Waals surface area contributed by atoms with Crippen molar-refractivity contribution in [3.05, 3.63) is 62.3 Å². The van der Waals surface area contributed by atoms with E-state index in [0.29, 0.717) is 6.42 Å². The second kappa shape index (κ2) is 6.39. The molecule has 0 heterocycles. The van der Waals surface area contributed by atoms with Crippen molar-refractivity contribution < 1.29 is 4.79 Å². The summed E-state index contributed by atoms with van der Waals surface area (Å²) in [5.41, 5.74) is 8.38. The van der Waals surface area contributed by atoms with E-state index in [4.69, 9.17) is 7.85 Å². The highest BCUT2D eigenvalue weighted by atomic mass is 16.1. The third-order valence-electron chi connectivity index (χ3n) is 5.40. The molecule has 1 aliphatic rings. The molecular formula is C21H21BO2. The third kappa shape index (κ3) is 2.73. The van der Waals surface area contributed by atoms with Crippen molar-refractivity contribution in [3.8, 4) is 11.1 Å². The van der Waals surface area contributed by atoms with Gasteiger partial charge in [-0.15, -0.1) is 0 Å². The molecule has 0 bridgehead atoms. The molecule has 0 unspecified atom stereocenters. The summed E-state index contributed by atoms with van der Waals surface area (Å²) in [4.78, 5) is 23.4. The van der Waals surface area contributed by atoms with Crippen LogP contribution in [0.15, 0.2) is 29.1 Å². The van der Waals surface area contributed by atoms with Gasteiger partial charge in [-0.3, -0.25) is 4.79 Å². The maximum atomic E-state index is 12.3. The van der Waals surface area contributed by atoms with Gasteiger partial charge in [0, 0.05) is 6.42 Å². The lowest BCUT2D eigenvalue weighted by Crippen LogP contribution is -2.21. The maximum absolute atomic E-state index is 12.3. The van der Waals surface area contributed by atoms with E-state index in [1.807, 2.05) is 6.07 Å². The number of aldehydes is 1. The number of carbonyl (C=O) groups excluding carboxylic acids is 1. The molecule has 1 atom stereocenters. The predicted molar refractivity (Wildman–Crippen MR) is 99.5 cm³/mol. The molecule has 0 aliphatic heterocycles. The van der Waals surface area contributed by atoms with Crippen LogP contribution in [0.2, 0.25) is 0 Å². The first-order chi connectivity index (χ1) is 11.4. The number of aryl methyl sites for hydroxylation is 2. The molecule has 24 heavy (non-hydrogen) atoms. The lowest BCUT2D eigenvalue weighted by molar-refractivity contribution is -0.108. The smallest absolute Gasteiger partial charge is 0.171 e. The Morgan fingerprint density at radius 1 is 1.17 bits per heavy atom. The minimum absolute atomic E-state index is 0.0596. The van der Waals surface area contributed by atoms with Gasteiger partial charge >= 0.3 is 0 Å². The van der Waals surface area contributed by atoms with Crippen LogP contribution < -0.4 is 10.9 Å². The molecule has 0 aromatic heterocycles. The topological polar surface area (TPSA) is 34.1 Å². The number of fused-ring (bicyclic) bond motifs is 3. The Bertz CT molecular complexity index is 884. The summed E-state index contributed by atoms with van der Waals surface area (Å²) in [6, 6.07) is 7.54. The lowest BCUT2D eigenvalue weighted by Gasteiger charge is -2.17. The molecule has 2 aromatic rings. The zero-order valence-corrected chi connectivity index (χ0v) is 14.5. The van der Waals surface area contributed by atoms with Crippen LogP contribution in [-0.2, 0) is 11.2 Å². The number of hydrogen-bond acceptors (Lipinski definition) is 2. The molecule has 1 aliphatic carbocycles. The second-order valence-electron chi connectivity index (χ2n) is 6.78. The first-order valence-corrected chi connectivity index (χ1v) is 8.41. The molecular weight excluding hydrogens is 295 g/mol. The Morgan fingerprint density at radius 2 is 1.92 bits per heavy atom. The van der Waals surface area contributed by atoms with Gasteiger partial charge in [0.05, 0.1) is 0 Å². The van der Waals surface area contributed by atoms with Crippen LogP contribution in [-0.4, -0.2) is 14.1 Å². The first kappa shape index (κ1) is 16.7. The van der Waals surface area contributed by atoms with E-state index in [0.717, 1.165) is 30.3 Å². The van der Waals surface area contributed by atoms with Gasteiger partial charge in [0.25, 0.3) is 0 Å². The van der Waals surface area contributed by atoms with Crippen molar-refractivity contribution in [1.82, 2.24) is 0 Å². The molecule has 2 aromatic carbocycles. The summed E-state index contributed by atoms with van der Waals surface area (Å²) in [6.45, 7) is 6.41. The quantitative estimate of drug-likeness (QED) is 0.630. The van der Waals surface area contributed by atoms with Crippen LogP contribution in [0.3, 0.4) is 0 Å². The summed E-state index contributed by atoms with van der Waals surface area (Å²) in [7, 11) is 5.86. The van der Waals surface area contributed by atoms with Crippen molar-refractivity contribution in [2.45, 2.75) is 46.0 Å². The average molecular weight is 316 g/mol. The van der Waals surface area contributed by atoms with E-state index in [1.54, 1.807) is 12.1 Å². The zero-order chi connectivity index (χ0) is 17.4. The summed E-state index contributed by atoms with van der Waals surface area (Å²) in [6.07, 6.45) is 3.16. The van der Waals surface area contributed by atoms with Gasteiger partial charge in [-0.2, -0.15) is 0 Å². The van der Waals surface area contributed by atoms with Crippen molar-refractivity contribution in [2.75, 3.05) is 0 Å². The molecule has 0 saturated carbocycles. The highest BCUT2D eigenvalue weighted by Gasteiger charge is 2.24. The predicted octanol–water partition coefficient (Wildman–Crippen LogP) is 3.05.